The third kappa shape index (κ3) is 4.34. The maximum Gasteiger partial charge on any atom is 0.227 e. The molecule has 0 saturated carbocycles. The zero-order valence-electron chi connectivity index (χ0n) is 12.5. The number of hydrogen-bond donors (Lipinski definition) is 1. The highest BCUT2D eigenvalue weighted by molar-refractivity contribution is 6.35. The number of halogens is 2. The summed E-state index contributed by atoms with van der Waals surface area (Å²) < 4.78 is 5.17. The number of aryl methyl sites for hydroxylation is 1. The second-order valence-corrected chi connectivity index (χ2v) is 5.96. The predicted octanol–water partition coefficient (Wildman–Crippen LogP) is 4.61. The standard InChI is InChI=1S/C17H13Cl2N3O2/c18-12-8-13(19)10-14(9-12)20-15(23)6-7-16-21-17(22-24-16)11-4-2-1-3-5-11/h1-5,8-10H,6-7H2,(H,20,23). The molecule has 24 heavy (non-hydrogen) atoms. The number of rotatable bonds is 5. The molecule has 0 spiro atoms. The molecule has 0 aliphatic rings. The van der Waals surface area contributed by atoms with E-state index < -0.39 is 0 Å². The average molecular weight is 362 g/mol. The Balaban J connectivity index is 1.58. The van der Waals surface area contributed by atoms with Crippen molar-refractivity contribution in [1.29, 1.82) is 0 Å². The fourth-order valence-corrected chi connectivity index (χ4v) is 2.66. The highest BCUT2D eigenvalue weighted by Crippen LogP contribution is 2.22. The van der Waals surface area contributed by atoms with Crippen molar-refractivity contribution in [2.24, 2.45) is 0 Å². The molecule has 0 aliphatic carbocycles. The van der Waals surface area contributed by atoms with E-state index in [9.17, 15) is 4.79 Å². The van der Waals surface area contributed by atoms with Crippen molar-refractivity contribution in [2.75, 3.05) is 5.32 Å². The van der Waals surface area contributed by atoms with Crippen LogP contribution in [0.25, 0.3) is 11.4 Å². The van der Waals surface area contributed by atoms with Crippen LogP contribution in [0.15, 0.2) is 53.1 Å². The number of hydrogen-bond acceptors (Lipinski definition) is 4. The summed E-state index contributed by atoms with van der Waals surface area (Å²) in [7, 11) is 0. The minimum absolute atomic E-state index is 0.187. The normalized spacial score (nSPS) is 10.6. The fourth-order valence-electron chi connectivity index (χ4n) is 2.13. The topological polar surface area (TPSA) is 68.0 Å². The number of benzene rings is 2. The molecule has 1 heterocycles. The summed E-state index contributed by atoms with van der Waals surface area (Å²) in [4.78, 5) is 16.3. The first-order chi connectivity index (χ1) is 11.6. The first-order valence-corrected chi connectivity index (χ1v) is 8.00. The smallest absolute Gasteiger partial charge is 0.227 e. The zero-order chi connectivity index (χ0) is 16.9. The predicted molar refractivity (Wildman–Crippen MR) is 93.1 cm³/mol. The summed E-state index contributed by atoms with van der Waals surface area (Å²) in [5, 5.41) is 7.57. The summed E-state index contributed by atoms with van der Waals surface area (Å²) in [5.41, 5.74) is 1.42. The molecule has 3 aromatic rings. The molecule has 1 amide bonds. The van der Waals surface area contributed by atoms with E-state index in [0.29, 0.717) is 33.9 Å². The van der Waals surface area contributed by atoms with E-state index in [-0.39, 0.29) is 12.3 Å². The Bertz CT molecular complexity index is 830. The lowest BCUT2D eigenvalue weighted by molar-refractivity contribution is -0.116. The van der Waals surface area contributed by atoms with E-state index in [1.165, 1.54) is 0 Å². The van der Waals surface area contributed by atoms with Gasteiger partial charge in [0.05, 0.1) is 0 Å². The Morgan fingerprint density at radius 3 is 2.50 bits per heavy atom. The van der Waals surface area contributed by atoms with Crippen molar-refractivity contribution in [1.82, 2.24) is 10.1 Å². The number of aromatic nitrogens is 2. The van der Waals surface area contributed by atoms with Crippen molar-refractivity contribution < 1.29 is 9.32 Å². The van der Waals surface area contributed by atoms with Crippen LogP contribution in [0.3, 0.4) is 0 Å². The van der Waals surface area contributed by atoms with Crippen molar-refractivity contribution in [3.05, 3.63) is 64.5 Å². The van der Waals surface area contributed by atoms with Gasteiger partial charge in [0.1, 0.15) is 0 Å². The van der Waals surface area contributed by atoms with Gasteiger partial charge < -0.3 is 9.84 Å². The number of carbonyl (C=O) groups is 1. The van der Waals surface area contributed by atoms with E-state index in [0.717, 1.165) is 5.56 Å². The Kier molecular flexibility index (Phi) is 5.13. The highest BCUT2D eigenvalue weighted by Gasteiger charge is 2.11. The van der Waals surface area contributed by atoms with E-state index in [2.05, 4.69) is 15.5 Å². The summed E-state index contributed by atoms with van der Waals surface area (Å²) in [6.07, 6.45) is 0.556. The first-order valence-electron chi connectivity index (χ1n) is 7.24. The number of anilines is 1. The number of nitrogens with zero attached hydrogens (tertiary/aromatic N) is 2. The van der Waals surface area contributed by atoms with Gasteiger partial charge in [-0.2, -0.15) is 4.98 Å². The summed E-state index contributed by atoms with van der Waals surface area (Å²) in [5.74, 6) is 0.730. The van der Waals surface area contributed by atoms with Gasteiger partial charge in [-0.3, -0.25) is 4.79 Å². The number of nitrogens with one attached hydrogen (secondary N) is 1. The summed E-state index contributed by atoms with van der Waals surface area (Å²) >= 11 is 11.8. The van der Waals surface area contributed by atoms with Crippen LogP contribution in [0.5, 0.6) is 0 Å². The Hall–Kier alpha value is -2.37. The molecule has 3 rings (SSSR count). The molecule has 7 heteroatoms. The van der Waals surface area contributed by atoms with E-state index >= 15 is 0 Å². The van der Waals surface area contributed by atoms with E-state index in [1.54, 1.807) is 18.2 Å². The SMILES string of the molecule is O=C(CCc1nc(-c2ccccc2)no1)Nc1cc(Cl)cc(Cl)c1. The molecule has 0 bridgehead atoms. The van der Waals surface area contributed by atoms with E-state index in [1.807, 2.05) is 30.3 Å². The van der Waals surface area contributed by atoms with Crippen molar-refractivity contribution in [3.8, 4) is 11.4 Å². The molecule has 122 valence electrons. The van der Waals surface area contributed by atoms with Gasteiger partial charge >= 0.3 is 0 Å². The average Bonchev–Trinajstić information content (AvgIpc) is 3.02. The molecule has 0 fully saturated rings. The van der Waals surface area contributed by atoms with Crippen molar-refractivity contribution in [3.63, 3.8) is 0 Å². The molecule has 1 N–H and O–H groups in total. The quantitative estimate of drug-likeness (QED) is 0.719. The summed E-state index contributed by atoms with van der Waals surface area (Å²) in [6, 6.07) is 14.4. The molecule has 5 nitrogen and oxygen atoms in total. The van der Waals surface area contributed by atoms with Gasteiger partial charge in [0.25, 0.3) is 0 Å². The molecule has 0 unspecified atom stereocenters. The maximum absolute atomic E-state index is 12.0. The van der Waals surface area contributed by atoms with Crippen LogP contribution >= 0.6 is 23.2 Å². The van der Waals surface area contributed by atoms with E-state index in [4.69, 9.17) is 27.7 Å². The Labute approximate surface area is 148 Å². The van der Waals surface area contributed by atoms with Crippen LogP contribution < -0.4 is 5.32 Å². The molecular formula is C17H13Cl2N3O2. The molecule has 0 atom stereocenters. The molecule has 0 aliphatic heterocycles. The van der Waals surface area contributed by atoms with Gasteiger partial charge in [-0.25, -0.2) is 0 Å². The minimum Gasteiger partial charge on any atom is -0.339 e. The molecule has 1 aromatic heterocycles. The van der Waals surface area contributed by atoms with Gasteiger partial charge in [0, 0.05) is 34.1 Å². The number of amides is 1. The van der Waals surface area contributed by atoms with Gasteiger partial charge in [0.15, 0.2) is 0 Å². The lowest BCUT2D eigenvalue weighted by atomic mass is 10.2. The van der Waals surface area contributed by atoms with Crippen LogP contribution in [-0.2, 0) is 11.2 Å². The molecular weight excluding hydrogens is 349 g/mol. The van der Waals surface area contributed by atoms with Crippen LogP contribution in [0.4, 0.5) is 5.69 Å². The monoisotopic (exact) mass is 361 g/mol. The highest BCUT2D eigenvalue weighted by atomic mass is 35.5. The van der Waals surface area contributed by atoms with Crippen LogP contribution in [0, 0.1) is 0 Å². The van der Waals surface area contributed by atoms with Crippen molar-refractivity contribution >= 4 is 34.8 Å². The second kappa shape index (κ2) is 7.47. The second-order valence-electron chi connectivity index (χ2n) is 5.08. The number of carbonyl (C=O) groups excluding carboxylic acids is 1. The lowest BCUT2D eigenvalue weighted by Crippen LogP contribution is -2.12. The van der Waals surface area contributed by atoms with Crippen LogP contribution in [0.1, 0.15) is 12.3 Å². The summed E-state index contributed by atoms with van der Waals surface area (Å²) in [6.45, 7) is 0. The van der Waals surface area contributed by atoms with Gasteiger partial charge in [-0.1, -0.05) is 58.7 Å². The maximum atomic E-state index is 12.0. The third-order valence-corrected chi connectivity index (χ3v) is 3.65. The largest absolute Gasteiger partial charge is 0.339 e. The van der Waals surface area contributed by atoms with Gasteiger partial charge in [-0.05, 0) is 18.2 Å². The van der Waals surface area contributed by atoms with Gasteiger partial charge in [0.2, 0.25) is 17.6 Å². The zero-order valence-corrected chi connectivity index (χ0v) is 14.0. The molecule has 0 radical (unpaired) electrons. The van der Waals surface area contributed by atoms with Crippen LogP contribution in [-0.4, -0.2) is 16.0 Å². The van der Waals surface area contributed by atoms with Gasteiger partial charge in [-0.15, -0.1) is 0 Å². The molecule has 0 saturated heterocycles. The van der Waals surface area contributed by atoms with Crippen LogP contribution in [0.2, 0.25) is 10.0 Å². The van der Waals surface area contributed by atoms with Crippen molar-refractivity contribution in [2.45, 2.75) is 12.8 Å². The lowest BCUT2D eigenvalue weighted by Gasteiger charge is -2.05. The Morgan fingerprint density at radius 1 is 1.08 bits per heavy atom. The molecule has 2 aromatic carbocycles. The fraction of sp³-hybridized carbons (Fsp3) is 0.118. The third-order valence-electron chi connectivity index (χ3n) is 3.21. The Morgan fingerprint density at radius 2 is 1.79 bits per heavy atom. The first kappa shape index (κ1) is 16.5. The minimum atomic E-state index is -0.187.